The molecular formula is C24H29N3O4. The van der Waals surface area contributed by atoms with E-state index >= 15 is 0 Å². The number of urea groups is 1. The SMILES string of the molecule is C[C@H](OC(=O)c1c2c(nc3ccccc13)CCCC2)C(=O)NC(=O)NC1CCCCC1. The third-order valence-electron chi connectivity index (χ3n) is 6.20. The van der Waals surface area contributed by atoms with Crippen LogP contribution in [0.4, 0.5) is 4.79 Å². The predicted molar refractivity (Wildman–Crippen MR) is 117 cm³/mol. The summed E-state index contributed by atoms with van der Waals surface area (Å²) in [4.78, 5) is 42.5. The highest BCUT2D eigenvalue weighted by molar-refractivity contribution is 6.06. The summed E-state index contributed by atoms with van der Waals surface area (Å²) in [7, 11) is 0. The molecule has 1 aromatic heterocycles. The summed E-state index contributed by atoms with van der Waals surface area (Å²) in [5.74, 6) is -1.18. The van der Waals surface area contributed by atoms with Crippen molar-refractivity contribution in [3.8, 4) is 0 Å². The quantitative estimate of drug-likeness (QED) is 0.729. The number of ether oxygens (including phenoxy) is 1. The molecule has 7 nitrogen and oxygen atoms in total. The van der Waals surface area contributed by atoms with E-state index in [9.17, 15) is 14.4 Å². The number of nitrogens with one attached hydrogen (secondary N) is 2. The second-order valence-corrected chi connectivity index (χ2v) is 8.48. The zero-order chi connectivity index (χ0) is 21.8. The Morgan fingerprint density at radius 3 is 2.58 bits per heavy atom. The number of aryl methyl sites for hydroxylation is 1. The van der Waals surface area contributed by atoms with E-state index in [1.165, 1.54) is 13.3 Å². The Labute approximate surface area is 181 Å². The number of para-hydroxylation sites is 1. The molecule has 0 bridgehead atoms. The van der Waals surface area contributed by atoms with Gasteiger partial charge in [0.15, 0.2) is 6.10 Å². The lowest BCUT2D eigenvalue weighted by Gasteiger charge is -2.23. The molecule has 7 heteroatoms. The van der Waals surface area contributed by atoms with Crippen molar-refractivity contribution in [3.05, 3.63) is 41.1 Å². The highest BCUT2D eigenvalue weighted by atomic mass is 16.5. The molecule has 1 heterocycles. The number of esters is 1. The largest absolute Gasteiger partial charge is 0.449 e. The molecule has 2 aliphatic carbocycles. The molecule has 2 aromatic rings. The van der Waals surface area contributed by atoms with E-state index in [1.807, 2.05) is 24.3 Å². The lowest BCUT2D eigenvalue weighted by Crippen LogP contribution is -2.48. The molecule has 164 valence electrons. The number of aromatic nitrogens is 1. The van der Waals surface area contributed by atoms with Crippen LogP contribution in [0, 0.1) is 0 Å². The molecule has 0 aliphatic heterocycles. The van der Waals surface area contributed by atoms with Crippen molar-refractivity contribution in [2.24, 2.45) is 0 Å². The van der Waals surface area contributed by atoms with E-state index in [2.05, 4.69) is 10.6 Å². The number of hydrogen-bond acceptors (Lipinski definition) is 5. The Morgan fingerprint density at radius 2 is 1.77 bits per heavy atom. The first kappa shape index (κ1) is 21.3. The lowest BCUT2D eigenvalue weighted by molar-refractivity contribution is -0.127. The molecule has 4 rings (SSSR count). The van der Waals surface area contributed by atoms with Gasteiger partial charge in [-0.15, -0.1) is 0 Å². The van der Waals surface area contributed by atoms with Crippen LogP contribution in [0.2, 0.25) is 0 Å². The van der Waals surface area contributed by atoms with Gasteiger partial charge in [-0.25, -0.2) is 9.59 Å². The summed E-state index contributed by atoms with van der Waals surface area (Å²) in [6.07, 6.45) is 7.73. The van der Waals surface area contributed by atoms with Crippen molar-refractivity contribution in [1.82, 2.24) is 15.6 Å². The van der Waals surface area contributed by atoms with Crippen LogP contribution in [0.1, 0.15) is 73.5 Å². The summed E-state index contributed by atoms with van der Waals surface area (Å²) in [6, 6.07) is 7.05. The van der Waals surface area contributed by atoms with Crippen molar-refractivity contribution < 1.29 is 19.1 Å². The van der Waals surface area contributed by atoms with Crippen molar-refractivity contribution in [2.45, 2.75) is 76.9 Å². The van der Waals surface area contributed by atoms with E-state index in [1.54, 1.807) is 0 Å². The summed E-state index contributed by atoms with van der Waals surface area (Å²) in [6.45, 7) is 1.48. The van der Waals surface area contributed by atoms with Crippen LogP contribution in [0.5, 0.6) is 0 Å². The molecule has 1 aromatic carbocycles. The maximum absolute atomic E-state index is 13.1. The molecule has 1 saturated carbocycles. The fourth-order valence-corrected chi connectivity index (χ4v) is 4.56. The molecule has 2 N–H and O–H groups in total. The van der Waals surface area contributed by atoms with Gasteiger partial charge in [0.05, 0.1) is 11.1 Å². The maximum Gasteiger partial charge on any atom is 0.339 e. The number of imide groups is 1. The Hall–Kier alpha value is -2.96. The molecule has 0 spiro atoms. The van der Waals surface area contributed by atoms with Gasteiger partial charge in [0.25, 0.3) is 5.91 Å². The first-order chi connectivity index (χ1) is 15.0. The Kier molecular flexibility index (Phi) is 6.49. The minimum absolute atomic E-state index is 0.0918. The number of rotatable bonds is 4. The van der Waals surface area contributed by atoms with E-state index in [4.69, 9.17) is 9.72 Å². The van der Waals surface area contributed by atoms with E-state index in [0.717, 1.165) is 73.5 Å². The fraction of sp³-hybridized carbons (Fsp3) is 0.500. The van der Waals surface area contributed by atoms with Crippen LogP contribution in [-0.2, 0) is 22.4 Å². The van der Waals surface area contributed by atoms with Crippen LogP contribution in [0.15, 0.2) is 24.3 Å². The first-order valence-corrected chi connectivity index (χ1v) is 11.3. The number of pyridine rings is 1. The van der Waals surface area contributed by atoms with Crippen LogP contribution in [0.3, 0.4) is 0 Å². The fourth-order valence-electron chi connectivity index (χ4n) is 4.56. The average molecular weight is 424 g/mol. The zero-order valence-corrected chi connectivity index (χ0v) is 17.9. The van der Waals surface area contributed by atoms with Crippen molar-refractivity contribution in [3.63, 3.8) is 0 Å². The number of carbonyl (C=O) groups is 3. The number of fused-ring (bicyclic) bond motifs is 2. The van der Waals surface area contributed by atoms with Gasteiger partial charge < -0.3 is 10.1 Å². The molecule has 3 amide bonds. The minimum Gasteiger partial charge on any atom is -0.449 e. The van der Waals surface area contributed by atoms with E-state index < -0.39 is 24.0 Å². The number of amides is 3. The predicted octanol–water partition coefficient (Wildman–Crippen LogP) is 3.82. The van der Waals surface area contributed by atoms with Gasteiger partial charge in [-0.1, -0.05) is 37.5 Å². The van der Waals surface area contributed by atoms with Gasteiger partial charge in [0, 0.05) is 17.1 Å². The van der Waals surface area contributed by atoms with Gasteiger partial charge in [0.1, 0.15) is 0 Å². The van der Waals surface area contributed by atoms with Gasteiger partial charge in [-0.05, 0) is 57.1 Å². The average Bonchev–Trinajstić information content (AvgIpc) is 2.77. The first-order valence-electron chi connectivity index (χ1n) is 11.3. The Balaban J connectivity index is 1.46. The van der Waals surface area contributed by atoms with Gasteiger partial charge in [-0.2, -0.15) is 0 Å². The smallest absolute Gasteiger partial charge is 0.339 e. The van der Waals surface area contributed by atoms with Gasteiger partial charge in [0.2, 0.25) is 0 Å². The van der Waals surface area contributed by atoms with Gasteiger partial charge >= 0.3 is 12.0 Å². The van der Waals surface area contributed by atoms with Crippen molar-refractivity contribution >= 4 is 28.8 Å². The molecule has 0 radical (unpaired) electrons. The normalized spacial score (nSPS) is 17.5. The van der Waals surface area contributed by atoms with Crippen LogP contribution < -0.4 is 10.6 Å². The number of benzene rings is 1. The molecule has 1 atom stereocenters. The Bertz CT molecular complexity index is 998. The molecule has 2 aliphatic rings. The topological polar surface area (TPSA) is 97.4 Å². The summed E-state index contributed by atoms with van der Waals surface area (Å²) >= 11 is 0. The number of hydrogen-bond donors (Lipinski definition) is 2. The summed E-state index contributed by atoms with van der Waals surface area (Å²) in [5.41, 5.74) is 3.09. The van der Waals surface area contributed by atoms with Crippen LogP contribution in [0.25, 0.3) is 10.9 Å². The van der Waals surface area contributed by atoms with E-state index in [0.29, 0.717) is 5.56 Å². The minimum atomic E-state index is -1.09. The second-order valence-electron chi connectivity index (χ2n) is 8.48. The lowest BCUT2D eigenvalue weighted by atomic mass is 9.90. The van der Waals surface area contributed by atoms with Gasteiger partial charge in [-0.3, -0.25) is 15.1 Å². The standard InChI is InChI=1S/C24H29N3O4/c1-15(22(28)27-24(30)25-16-9-3-2-4-10-16)31-23(29)21-17-11-5-7-13-19(17)26-20-14-8-6-12-18(20)21/h5,7,11,13,15-16H,2-4,6,8-10,12,14H2,1H3,(H2,25,27,28,30)/t15-/m0/s1. The molecule has 0 saturated heterocycles. The zero-order valence-electron chi connectivity index (χ0n) is 17.9. The molecule has 1 fully saturated rings. The highest BCUT2D eigenvalue weighted by Gasteiger charge is 2.27. The van der Waals surface area contributed by atoms with E-state index in [-0.39, 0.29) is 6.04 Å². The molecule has 31 heavy (non-hydrogen) atoms. The number of nitrogens with zero attached hydrogens (tertiary/aromatic N) is 1. The molecule has 0 unspecified atom stereocenters. The van der Waals surface area contributed by atoms with Crippen molar-refractivity contribution in [1.29, 1.82) is 0 Å². The monoisotopic (exact) mass is 423 g/mol. The second kappa shape index (κ2) is 9.45. The Morgan fingerprint density at radius 1 is 1.03 bits per heavy atom. The molecular weight excluding hydrogens is 394 g/mol. The summed E-state index contributed by atoms with van der Waals surface area (Å²) in [5, 5.41) is 5.87. The number of carbonyl (C=O) groups excluding carboxylic acids is 3. The van der Waals surface area contributed by atoms with Crippen LogP contribution >= 0.6 is 0 Å². The highest BCUT2D eigenvalue weighted by Crippen LogP contribution is 2.30. The third kappa shape index (κ3) is 4.86. The van der Waals surface area contributed by atoms with Crippen molar-refractivity contribution in [2.75, 3.05) is 0 Å². The summed E-state index contributed by atoms with van der Waals surface area (Å²) < 4.78 is 5.50. The van der Waals surface area contributed by atoms with Crippen LogP contribution in [-0.4, -0.2) is 35.0 Å². The maximum atomic E-state index is 13.1. The third-order valence-corrected chi connectivity index (χ3v) is 6.20.